The molecule has 0 saturated carbocycles. The zero-order valence-electron chi connectivity index (χ0n) is 20.4. The number of hydrogen-bond donors (Lipinski definition) is 2. The summed E-state index contributed by atoms with van der Waals surface area (Å²) in [7, 11) is 1.63. The highest BCUT2D eigenvalue weighted by molar-refractivity contribution is 5.83. The Morgan fingerprint density at radius 3 is 2.91 bits per heavy atom. The highest BCUT2D eigenvalue weighted by Crippen LogP contribution is 2.34. The van der Waals surface area contributed by atoms with E-state index in [1.807, 2.05) is 30.3 Å². The molecule has 3 aromatic rings. The molecule has 4 rings (SSSR count). The third kappa shape index (κ3) is 6.83. The molecule has 35 heavy (non-hydrogen) atoms. The number of aromatic nitrogens is 1. The minimum absolute atomic E-state index is 0.108. The predicted octanol–water partition coefficient (Wildman–Crippen LogP) is 5.09. The van der Waals surface area contributed by atoms with Gasteiger partial charge in [0.05, 0.1) is 31.3 Å². The second-order valence-electron chi connectivity index (χ2n) is 9.67. The Morgan fingerprint density at radius 1 is 1.26 bits per heavy atom. The molecule has 0 amide bonds. The van der Waals surface area contributed by atoms with Crippen molar-refractivity contribution in [2.24, 2.45) is 11.8 Å². The molecule has 0 radical (unpaired) electrons. The Hall–Kier alpha value is -2.90. The molecule has 0 unspecified atom stereocenters. The summed E-state index contributed by atoms with van der Waals surface area (Å²) in [6.07, 6.45) is 10.4. The van der Waals surface area contributed by atoms with E-state index in [1.165, 1.54) is 5.56 Å². The number of carbonyl (C=O) groups is 1. The van der Waals surface area contributed by atoms with Crippen LogP contribution in [0.5, 0.6) is 5.75 Å². The molecule has 1 aromatic carbocycles. The van der Waals surface area contributed by atoms with Crippen molar-refractivity contribution in [2.45, 2.75) is 51.0 Å². The Bertz CT molecular complexity index is 1080. The van der Waals surface area contributed by atoms with Gasteiger partial charge in [-0.2, -0.15) is 0 Å². The van der Waals surface area contributed by atoms with Crippen LogP contribution in [0.4, 0.5) is 0 Å². The average Bonchev–Trinajstić information content (AvgIpc) is 3.38. The Balaban J connectivity index is 1.32. The molecule has 0 bridgehead atoms. The number of nitrogens with zero attached hydrogens (tertiary/aromatic N) is 2. The first-order valence-electron chi connectivity index (χ1n) is 12.6. The fourth-order valence-electron chi connectivity index (χ4n) is 5.39. The molecule has 7 heteroatoms. The second kappa shape index (κ2) is 12.2. The van der Waals surface area contributed by atoms with E-state index in [0.717, 1.165) is 74.0 Å². The maximum Gasteiger partial charge on any atom is 0.303 e. The van der Waals surface area contributed by atoms with Crippen LogP contribution in [0, 0.1) is 11.8 Å². The fourth-order valence-corrected chi connectivity index (χ4v) is 5.39. The number of carboxylic acids is 1. The number of aliphatic hydroxyl groups excluding tert-OH is 1. The number of rotatable bonds is 12. The lowest BCUT2D eigenvalue weighted by molar-refractivity contribution is -0.139. The maximum atomic E-state index is 11.6. The van der Waals surface area contributed by atoms with Gasteiger partial charge in [-0.3, -0.25) is 9.78 Å². The standard InChI is InChI=1S/C28H36N2O5/c1-34-23-6-7-26-25(17-23)24(9-12-29-26)27(31)8-5-21-10-14-30(18-22(21)16-28(32)33)13-3-2-4-20-11-15-35-19-20/h6-7,9,11-12,15,17,19,21-22,27,31H,2-5,8,10,13-14,16,18H2,1H3,(H,32,33)/t21-,22+,27+/m1/s1. The minimum atomic E-state index is -0.741. The molecule has 1 aliphatic heterocycles. The number of unbranched alkanes of at least 4 members (excludes halogenated alkanes) is 1. The van der Waals surface area contributed by atoms with Gasteiger partial charge < -0.3 is 24.3 Å². The quantitative estimate of drug-likeness (QED) is 0.349. The van der Waals surface area contributed by atoms with Crippen molar-refractivity contribution in [3.8, 4) is 5.75 Å². The largest absolute Gasteiger partial charge is 0.497 e. The van der Waals surface area contributed by atoms with Crippen LogP contribution < -0.4 is 4.74 Å². The number of aliphatic hydroxyl groups is 1. The third-order valence-electron chi connectivity index (χ3n) is 7.33. The number of carboxylic acid groups (broad SMARTS) is 1. The summed E-state index contributed by atoms with van der Waals surface area (Å²) in [5.41, 5.74) is 2.90. The van der Waals surface area contributed by atoms with Crippen molar-refractivity contribution in [2.75, 3.05) is 26.7 Å². The van der Waals surface area contributed by atoms with E-state index in [2.05, 4.69) is 9.88 Å². The Morgan fingerprint density at radius 2 is 2.14 bits per heavy atom. The molecule has 1 aliphatic rings. The van der Waals surface area contributed by atoms with Gasteiger partial charge in [0.25, 0.3) is 0 Å². The summed E-state index contributed by atoms with van der Waals surface area (Å²) in [5.74, 6) is 0.398. The minimum Gasteiger partial charge on any atom is -0.497 e. The van der Waals surface area contributed by atoms with Gasteiger partial charge in [0, 0.05) is 24.5 Å². The summed E-state index contributed by atoms with van der Waals surface area (Å²) >= 11 is 0. The first-order chi connectivity index (χ1) is 17.0. The molecule has 3 atom stereocenters. The molecular weight excluding hydrogens is 444 g/mol. The third-order valence-corrected chi connectivity index (χ3v) is 7.33. The number of furan rings is 1. The summed E-state index contributed by atoms with van der Waals surface area (Å²) in [4.78, 5) is 18.4. The smallest absolute Gasteiger partial charge is 0.303 e. The van der Waals surface area contributed by atoms with Crippen molar-refractivity contribution in [1.29, 1.82) is 0 Å². The average molecular weight is 481 g/mol. The van der Waals surface area contributed by atoms with Crippen LogP contribution in [-0.4, -0.2) is 52.8 Å². The van der Waals surface area contributed by atoms with Crippen molar-refractivity contribution >= 4 is 16.9 Å². The summed E-state index contributed by atoms with van der Waals surface area (Å²) < 4.78 is 10.5. The van der Waals surface area contributed by atoms with Crippen LogP contribution >= 0.6 is 0 Å². The van der Waals surface area contributed by atoms with Crippen molar-refractivity contribution in [3.05, 3.63) is 60.2 Å². The number of aryl methyl sites for hydroxylation is 1. The van der Waals surface area contributed by atoms with Crippen molar-refractivity contribution in [3.63, 3.8) is 0 Å². The summed E-state index contributed by atoms with van der Waals surface area (Å²) in [6.45, 7) is 2.79. The number of fused-ring (bicyclic) bond motifs is 1. The highest BCUT2D eigenvalue weighted by atomic mass is 16.5. The van der Waals surface area contributed by atoms with E-state index in [0.29, 0.717) is 12.3 Å². The van der Waals surface area contributed by atoms with Crippen LogP contribution in [0.25, 0.3) is 10.9 Å². The van der Waals surface area contributed by atoms with E-state index < -0.39 is 12.1 Å². The first-order valence-corrected chi connectivity index (χ1v) is 12.6. The lowest BCUT2D eigenvalue weighted by atomic mass is 9.79. The van der Waals surface area contributed by atoms with Crippen molar-refractivity contribution < 1.29 is 24.2 Å². The van der Waals surface area contributed by atoms with Gasteiger partial charge in [0.1, 0.15) is 5.75 Å². The number of hydrogen-bond acceptors (Lipinski definition) is 6. The zero-order valence-corrected chi connectivity index (χ0v) is 20.4. The summed E-state index contributed by atoms with van der Waals surface area (Å²) in [5, 5.41) is 21.5. The van der Waals surface area contributed by atoms with Crippen LogP contribution in [-0.2, 0) is 11.2 Å². The number of aliphatic carboxylic acids is 1. The number of likely N-dealkylation sites (tertiary alicyclic amines) is 1. The highest BCUT2D eigenvalue weighted by Gasteiger charge is 2.31. The van der Waals surface area contributed by atoms with Crippen molar-refractivity contribution in [1.82, 2.24) is 9.88 Å². The van der Waals surface area contributed by atoms with Gasteiger partial charge >= 0.3 is 5.97 Å². The van der Waals surface area contributed by atoms with Crippen LogP contribution in [0.1, 0.15) is 55.8 Å². The molecule has 188 valence electrons. The zero-order chi connectivity index (χ0) is 24.6. The molecule has 3 heterocycles. The molecule has 7 nitrogen and oxygen atoms in total. The van der Waals surface area contributed by atoms with Crippen LogP contribution in [0.2, 0.25) is 0 Å². The molecule has 1 fully saturated rings. The SMILES string of the molecule is COc1ccc2nccc([C@@H](O)CC[C@@H]3CCN(CCCCc4ccoc4)C[C@@H]3CC(=O)O)c2c1. The van der Waals surface area contributed by atoms with Gasteiger partial charge in [0.2, 0.25) is 0 Å². The van der Waals surface area contributed by atoms with Crippen LogP contribution in [0.3, 0.4) is 0 Å². The maximum absolute atomic E-state index is 11.6. The molecular formula is C28H36N2O5. The molecule has 2 N–H and O–H groups in total. The monoisotopic (exact) mass is 480 g/mol. The van der Waals surface area contributed by atoms with Gasteiger partial charge in [-0.1, -0.05) is 0 Å². The molecule has 2 aromatic heterocycles. The molecule has 0 spiro atoms. The van der Waals surface area contributed by atoms with E-state index in [4.69, 9.17) is 9.15 Å². The van der Waals surface area contributed by atoms with Gasteiger partial charge in [-0.05, 0) is 105 Å². The topological polar surface area (TPSA) is 96.0 Å². The lowest BCUT2D eigenvalue weighted by Gasteiger charge is -2.38. The van der Waals surface area contributed by atoms with Gasteiger partial charge in [-0.25, -0.2) is 0 Å². The predicted molar refractivity (Wildman–Crippen MR) is 134 cm³/mol. The number of ether oxygens (including phenoxy) is 1. The molecule has 0 aliphatic carbocycles. The lowest BCUT2D eigenvalue weighted by Crippen LogP contribution is -2.41. The number of methoxy groups -OCH3 is 1. The summed E-state index contributed by atoms with van der Waals surface area (Å²) in [6, 6.07) is 9.56. The second-order valence-corrected chi connectivity index (χ2v) is 9.67. The van der Waals surface area contributed by atoms with Crippen LogP contribution in [0.15, 0.2) is 53.5 Å². The first kappa shape index (κ1) is 25.2. The van der Waals surface area contributed by atoms with E-state index in [-0.39, 0.29) is 12.3 Å². The Labute approximate surface area is 206 Å². The number of pyridine rings is 1. The van der Waals surface area contributed by atoms with Gasteiger partial charge in [-0.15, -0.1) is 0 Å². The normalized spacial score (nSPS) is 19.6. The van der Waals surface area contributed by atoms with E-state index in [1.54, 1.807) is 25.8 Å². The number of piperidine rings is 1. The Kier molecular flexibility index (Phi) is 8.77. The van der Waals surface area contributed by atoms with E-state index >= 15 is 0 Å². The number of benzene rings is 1. The van der Waals surface area contributed by atoms with E-state index in [9.17, 15) is 15.0 Å². The van der Waals surface area contributed by atoms with Gasteiger partial charge in [0.15, 0.2) is 0 Å². The molecule has 1 saturated heterocycles. The fraction of sp³-hybridized carbons (Fsp3) is 0.500.